The molecule has 5 nitrogen and oxygen atoms in total. The fourth-order valence-corrected chi connectivity index (χ4v) is 4.70. The maximum atomic E-state index is 14.7. The molecular weight excluding hydrogens is 474 g/mol. The highest BCUT2D eigenvalue weighted by Crippen LogP contribution is 2.38. The zero-order chi connectivity index (χ0) is 25.8. The average Bonchev–Trinajstić information content (AvgIpc) is 3.36. The zero-order valence-corrected chi connectivity index (χ0v) is 19.7. The van der Waals surface area contributed by atoms with Gasteiger partial charge in [0, 0.05) is 30.3 Å². The van der Waals surface area contributed by atoms with Crippen molar-refractivity contribution in [3.05, 3.63) is 94.9 Å². The molecule has 3 aromatic rings. The normalized spacial score (nSPS) is 15.8. The highest BCUT2D eigenvalue weighted by atomic mass is 19.4. The molecule has 1 aliphatic rings. The van der Waals surface area contributed by atoms with E-state index in [4.69, 9.17) is 4.74 Å². The monoisotopic (exact) mass is 501 g/mol. The second-order valence-corrected chi connectivity index (χ2v) is 8.96. The van der Waals surface area contributed by atoms with Crippen LogP contribution in [0.15, 0.2) is 66.9 Å². The lowest BCUT2D eigenvalue weighted by Gasteiger charge is -2.37. The van der Waals surface area contributed by atoms with Gasteiger partial charge in [0.1, 0.15) is 5.82 Å². The summed E-state index contributed by atoms with van der Waals surface area (Å²) in [5.41, 5.74) is -1.65. The number of benzene rings is 2. The van der Waals surface area contributed by atoms with Crippen LogP contribution < -0.4 is 15.4 Å². The summed E-state index contributed by atoms with van der Waals surface area (Å²) in [6.07, 6.45) is 0.321. The minimum absolute atomic E-state index is 0.0355. The molecule has 36 heavy (non-hydrogen) atoms. The number of nitrogens with one attached hydrogen (secondary N) is 2. The molecule has 1 fully saturated rings. The van der Waals surface area contributed by atoms with Crippen molar-refractivity contribution in [1.82, 2.24) is 15.6 Å². The molecule has 1 unspecified atom stereocenters. The van der Waals surface area contributed by atoms with Gasteiger partial charge in [0.05, 0.1) is 18.2 Å². The van der Waals surface area contributed by atoms with Crippen LogP contribution in [0.25, 0.3) is 0 Å². The van der Waals surface area contributed by atoms with Crippen molar-refractivity contribution in [3.63, 3.8) is 0 Å². The molecule has 0 aliphatic heterocycles. The first-order valence-electron chi connectivity index (χ1n) is 11.7. The Morgan fingerprint density at radius 2 is 1.69 bits per heavy atom. The van der Waals surface area contributed by atoms with E-state index in [1.54, 1.807) is 36.4 Å². The summed E-state index contributed by atoms with van der Waals surface area (Å²) in [4.78, 5) is 17.5. The maximum Gasteiger partial charge on any atom is 0.416 e. The molecule has 0 saturated heterocycles. The van der Waals surface area contributed by atoms with E-state index in [2.05, 4.69) is 15.6 Å². The molecule has 2 N–H and O–H groups in total. The third kappa shape index (κ3) is 5.78. The fourth-order valence-electron chi connectivity index (χ4n) is 4.70. The number of halogens is 4. The van der Waals surface area contributed by atoms with Crippen molar-refractivity contribution in [3.8, 4) is 5.88 Å². The number of alkyl halides is 3. The molecule has 0 bridgehead atoms. The van der Waals surface area contributed by atoms with Crippen LogP contribution >= 0.6 is 0 Å². The molecule has 1 saturated carbocycles. The molecule has 190 valence electrons. The van der Waals surface area contributed by atoms with Gasteiger partial charge in [-0.05, 0) is 48.2 Å². The summed E-state index contributed by atoms with van der Waals surface area (Å²) < 4.78 is 60.9. The maximum absolute atomic E-state index is 14.7. The molecular formula is C27H27F4N3O2. The van der Waals surface area contributed by atoms with Gasteiger partial charge in [-0.25, -0.2) is 14.2 Å². The molecule has 4 rings (SSSR count). The van der Waals surface area contributed by atoms with Crippen LogP contribution in [0, 0.1) is 5.82 Å². The number of hydrogen-bond donors (Lipinski definition) is 2. The molecule has 0 radical (unpaired) electrons. The van der Waals surface area contributed by atoms with Gasteiger partial charge in [-0.2, -0.15) is 13.2 Å². The first-order valence-corrected chi connectivity index (χ1v) is 11.7. The summed E-state index contributed by atoms with van der Waals surface area (Å²) in [6.45, 7) is 0. The molecule has 1 atom stereocenters. The second kappa shape index (κ2) is 10.6. The van der Waals surface area contributed by atoms with Gasteiger partial charge in [-0.1, -0.05) is 43.2 Å². The smallest absolute Gasteiger partial charge is 0.416 e. The van der Waals surface area contributed by atoms with E-state index < -0.39 is 29.1 Å². The van der Waals surface area contributed by atoms with Gasteiger partial charge >= 0.3 is 12.2 Å². The summed E-state index contributed by atoms with van der Waals surface area (Å²) in [5, 5.41) is 5.85. The standard InChI is InChI=1S/C27H27F4N3O2/c1-36-24-12-11-19(17-32-24)26(16-18-7-3-2-4-8-18,34-25(35)33-23-9-5-6-10-23)20-13-21(27(29,30)31)15-22(28)14-20/h2-4,7-8,11-15,17,23H,5-6,9-10,16H2,1H3,(H2,33,34,35). The van der Waals surface area contributed by atoms with Gasteiger partial charge in [0.25, 0.3) is 0 Å². The van der Waals surface area contributed by atoms with Gasteiger partial charge < -0.3 is 15.4 Å². The Morgan fingerprint density at radius 3 is 2.31 bits per heavy atom. The molecule has 2 amide bonds. The molecule has 1 heterocycles. The van der Waals surface area contributed by atoms with E-state index in [9.17, 15) is 22.4 Å². The number of hydrogen-bond acceptors (Lipinski definition) is 3. The number of amides is 2. The Labute approximate surface area is 206 Å². The van der Waals surface area contributed by atoms with Crippen LogP contribution in [0.3, 0.4) is 0 Å². The largest absolute Gasteiger partial charge is 0.481 e. The van der Waals surface area contributed by atoms with Crippen molar-refractivity contribution in [2.24, 2.45) is 0 Å². The minimum Gasteiger partial charge on any atom is -0.481 e. The zero-order valence-electron chi connectivity index (χ0n) is 19.7. The van der Waals surface area contributed by atoms with E-state index in [-0.39, 0.29) is 23.9 Å². The number of carbonyl (C=O) groups is 1. The lowest BCUT2D eigenvalue weighted by molar-refractivity contribution is -0.137. The van der Waals surface area contributed by atoms with Gasteiger partial charge in [0.2, 0.25) is 5.88 Å². The molecule has 1 aliphatic carbocycles. The number of pyridine rings is 1. The Hall–Kier alpha value is -3.62. The topological polar surface area (TPSA) is 63.2 Å². The first-order chi connectivity index (χ1) is 17.2. The lowest BCUT2D eigenvalue weighted by Crippen LogP contribution is -2.53. The van der Waals surface area contributed by atoms with E-state index in [1.165, 1.54) is 13.3 Å². The van der Waals surface area contributed by atoms with Crippen molar-refractivity contribution in [2.45, 2.75) is 49.9 Å². The Balaban J connectivity index is 1.89. The second-order valence-electron chi connectivity index (χ2n) is 8.96. The van der Waals surface area contributed by atoms with Crippen molar-refractivity contribution < 1.29 is 27.1 Å². The Bertz CT molecular complexity index is 1180. The van der Waals surface area contributed by atoms with Crippen LogP contribution in [0.1, 0.15) is 47.9 Å². The summed E-state index contributed by atoms with van der Waals surface area (Å²) >= 11 is 0. The van der Waals surface area contributed by atoms with Crippen LogP contribution in [0.5, 0.6) is 5.88 Å². The van der Waals surface area contributed by atoms with Gasteiger partial charge in [-0.3, -0.25) is 0 Å². The highest BCUT2D eigenvalue weighted by Gasteiger charge is 2.40. The average molecular weight is 502 g/mol. The Morgan fingerprint density at radius 1 is 1.00 bits per heavy atom. The highest BCUT2D eigenvalue weighted by molar-refractivity contribution is 5.76. The predicted octanol–water partition coefficient (Wildman–Crippen LogP) is 5.98. The molecule has 2 aromatic carbocycles. The van der Waals surface area contributed by atoms with Gasteiger partial charge in [-0.15, -0.1) is 0 Å². The van der Waals surface area contributed by atoms with Crippen molar-refractivity contribution >= 4 is 6.03 Å². The minimum atomic E-state index is -4.78. The Kier molecular flexibility index (Phi) is 7.47. The van der Waals surface area contributed by atoms with Crippen LogP contribution in [0.4, 0.5) is 22.4 Å². The van der Waals surface area contributed by atoms with E-state index in [0.717, 1.165) is 43.4 Å². The number of ether oxygens (including phenoxy) is 1. The molecule has 0 spiro atoms. The van der Waals surface area contributed by atoms with Crippen LogP contribution in [-0.4, -0.2) is 24.2 Å². The van der Waals surface area contributed by atoms with Crippen LogP contribution in [0.2, 0.25) is 0 Å². The summed E-state index contributed by atoms with van der Waals surface area (Å²) in [7, 11) is 1.44. The van der Waals surface area contributed by atoms with Gasteiger partial charge in [0.15, 0.2) is 0 Å². The summed E-state index contributed by atoms with van der Waals surface area (Å²) in [5.74, 6) is -0.769. The van der Waals surface area contributed by atoms with E-state index in [0.29, 0.717) is 11.6 Å². The quantitative estimate of drug-likeness (QED) is 0.392. The number of carbonyl (C=O) groups excluding carboxylic acids is 1. The molecule has 1 aromatic heterocycles. The number of methoxy groups -OCH3 is 1. The third-order valence-corrected chi connectivity index (χ3v) is 6.49. The van der Waals surface area contributed by atoms with Crippen molar-refractivity contribution in [1.29, 1.82) is 0 Å². The van der Waals surface area contributed by atoms with Crippen LogP contribution in [-0.2, 0) is 18.1 Å². The number of rotatable bonds is 7. The summed E-state index contributed by atoms with van der Waals surface area (Å²) in [6, 6.07) is 13.9. The lowest BCUT2D eigenvalue weighted by atomic mass is 9.78. The fraction of sp³-hybridized carbons (Fsp3) is 0.333. The third-order valence-electron chi connectivity index (χ3n) is 6.49. The van der Waals surface area contributed by atoms with Crippen molar-refractivity contribution in [2.75, 3.05) is 7.11 Å². The van der Waals surface area contributed by atoms with E-state index in [1.807, 2.05) is 6.07 Å². The molecule has 9 heteroatoms. The predicted molar refractivity (Wildman–Crippen MR) is 127 cm³/mol. The number of nitrogens with zero attached hydrogens (tertiary/aromatic N) is 1. The van der Waals surface area contributed by atoms with E-state index >= 15 is 0 Å². The number of aromatic nitrogens is 1. The SMILES string of the molecule is COc1ccc(C(Cc2ccccc2)(NC(=O)NC2CCCC2)c2cc(F)cc(C(F)(F)F)c2)cn1. The number of urea groups is 1. The first kappa shape index (κ1) is 25.5.